The minimum atomic E-state index is -0.368. The van der Waals surface area contributed by atoms with E-state index in [4.69, 9.17) is 5.73 Å². The van der Waals surface area contributed by atoms with Crippen LogP contribution in [0.1, 0.15) is 41.6 Å². The Bertz CT molecular complexity index is 467. The molecule has 19 heavy (non-hydrogen) atoms. The summed E-state index contributed by atoms with van der Waals surface area (Å²) < 4.78 is 13.3. The Morgan fingerprint density at radius 1 is 1.32 bits per heavy atom. The van der Waals surface area contributed by atoms with Crippen molar-refractivity contribution in [1.29, 1.82) is 0 Å². The summed E-state index contributed by atoms with van der Waals surface area (Å²) in [5, 5.41) is 0. The molecule has 2 N–H and O–H groups in total. The molecule has 0 heterocycles. The highest BCUT2D eigenvalue weighted by Crippen LogP contribution is 2.23. The maximum absolute atomic E-state index is 13.3. The predicted molar refractivity (Wildman–Crippen MR) is 73.5 cm³/mol. The van der Waals surface area contributed by atoms with E-state index in [9.17, 15) is 9.18 Å². The van der Waals surface area contributed by atoms with Gasteiger partial charge in [0.1, 0.15) is 5.82 Å². The van der Waals surface area contributed by atoms with Gasteiger partial charge in [0.05, 0.1) is 0 Å². The Morgan fingerprint density at radius 2 is 1.95 bits per heavy atom. The van der Waals surface area contributed by atoms with Crippen molar-refractivity contribution in [3.05, 3.63) is 35.1 Å². The van der Waals surface area contributed by atoms with Gasteiger partial charge in [0.15, 0.2) is 0 Å². The van der Waals surface area contributed by atoms with Crippen LogP contribution in [0.3, 0.4) is 0 Å². The molecule has 0 spiro atoms. The topological polar surface area (TPSA) is 46.3 Å². The van der Waals surface area contributed by atoms with E-state index < -0.39 is 0 Å². The third kappa shape index (κ3) is 3.13. The van der Waals surface area contributed by atoms with E-state index in [1.165, 1.54) is 12.1 Å². The van der Waals surface area contributed by atoms with E-state index >= 15 is 0 Å². The molecule has 1 aromatic carbocycles. The summed E-state index contributed by atoms with van der Waals surface area (Å²) >= 11 is 0. The second kappa shape index (κ2) is 5.70. The summed E-state index contributed by atoms with van der Waals surface area (Å²) in [5.74, 6) is -0.467. The summed E-state index contributed by atoms with van der Waals surface area (Å²) in [6, 6.07) is 4.83. The number of hydrogen-bond donors (Lipinski definition) is 1. The zero-order valence-electron chi connectivity index (χ0n) is 11.5. The van der Waals surface area contributed by atoms with Crippen LogP contribution in [-0.2, 0) is 0 Å². The molecule has 1 amide bonds. The first-order chi connectivity index (χ1) is 8.99. The second-order valence-corrected chi connectivity index (χ2v) is 5.44. The van der Waals surface area contributed by atoms with Crippen molar-refractivity contribution in [2.45, 2.75) is 44.7 Å². The summed E-state index contributed by atoms with van der Waals surface area (Å²) in [5.41, 5.74) is 7.14. The van der Waals surface area contributed by atoms with E-state index in [-0.39, 0.29) is 23.8 Å². The highest BCUT2D eigenvalue weighted by atomic mass is 19.1. The molecule has 0 unspecified atom stereocenters. The minimum absolute atomic E-state index is 0.0996. The maximum Gasteiger partial charge on any atom is 0.254 e. The maximum atomic E-state index is 13.3. The van der Waals surface area contributed by atoms with Crippen molar-refractivity contribution in [3.63, 3.8) is 0 Å². The van der Waals surface area contributed by atoms with E-state index in [2.05, 4.69) is 0 Å². The molecule has 0 atom stereocenters. The smallest absolute Gasteiger partial charge is 0.254 e. The summed E-state index contributed by atoms with van der Waals surface area (Å²) in [4.78, 5) is 14.2. The van der Waals surface area contributed by atoms with Crippen LogP contribution in [0.15, 0.2) is 18.2 Å². The molecule has 2 rings (SSSR count). The van der Waals surface area contributed by atoms with Gasteiger partial charge in [0, 0.05) is 24.7 Å². The van der Waals surface area contributed by atoms with Crippen LogP contribution in [0.2, 0.25) is 0 Å². The zero-order chi connectivity index (χ0) is 14.0. The minimum Gasteiger partial charge on any atom is -0.339 e. The van der Waals surface area contributed by atoms with Crippen LogP contribution in [0.4, 0.5) is 4.39 Å². The molecule has 1 aromatic rings. The average Bonchev–Trinajstić information content (AvgIpc) is 2.41. The number of hydrogen-bond acceptors (Lipinski definition) is 2. The van der Waals surface area contributed by atoms with Crippen LogP contribution in [-0.4, -0.2) is 29.9 Å². The average molecular weight is 264 g/mol. The lowest BCUT2D eigenvalue weighted by Gasteiger charge is -2.33. The first kappa shape index (κ1) is 14.0. The molecule has 1 aliphatic rings. The Kier molecular flexibility index (Phi) is 4.20. The number of nitrogens with two attached hydrogens (primary N) is 1. The monoisotopic (exact) mass is 264 g/mol. The van der Waals surface area contributed by atoms with Crippen molar-refractivity contribution in [3.8, 4) is 0 Å². The molecule has 104 valence electrons. The van der Waals surface area contributed by atoms with Crippen LogP contribution in [0.25, 0.3) is 0 Å². The Balaban J connectivity index is 2.12. The van der Waals surface area contributed by atoms with E-state index in [1.54, 1.807) is 18.0 Å². The number of aryl methyl sites for hydroxylation is 1. The largest absolute Gasteiger partial charge is 0.339 e. The SMILES string of the molecule is Cc1ccc(F)cc1C(=O)N(C)C1CCC(N)CC1. The van der Waals surface area contributed by atoms with Crippen molar-refractivity contribution < 1.29 is 9.18 Å². The lowest BCUT2D eigenvalue weighted by Crippen LogP contribution is -2.42. The fourth-order valence-corrected chi connectivity index (χ4v) is 2.67. The first-order valence-electron chi connectivity index (χ1n) is 6.78. The van der Waals surface area contributed by atoms with Gasteiger partial charge in [0.25, 0.3) is 5.91 Å². The van der Waals surface area contributed by atoms with Gasteiger partial charge >= 0.3 is 0 Å². The number of carbonyl (C=O) groups is 1. The standard InChI is InChI=1S/C15H21FN2O/c1-10-3-4-11(16)9-14(10)15(19)18(2)13-7-5-12(17)6-8-13/h3-4,9,12-13H,5-8,17H2,1-2H3. The Labute approximate surface area is 113 Å². The summed E-state index contributed by atoms with van der Waals surface area (Å²) in [6.45, 7) is 1.83. The van der Waals surface area contributed by atoms with Gasteiger partial charge in [-0.2, -0.15) is 0 Å². The lowest BCUT2D eigenvalue weighted by molar-refractivity contribution is 0.0688. The van der Waals surface area contributed by atoms with Gasteiger partial charge < -0.3 is 10.6 Å². The van der Waals surface area contributed by atoms with E-state index in [0.29, 0.717) is 5.56 Å². The van der Waals surface area contributed by atoms with Gasteiger partial charge in [-0.15, -0.1) is 0 Å². The number of carbonyl (C=O) groups excluding carboxylic acids is 1. The van der Waals surface area contributed by atoms with Crippen molar-refractivity contribution in [2.75, 3.05) is 7.05 Å². The molecule has 0 saturated heterocycles. The highest BCUT2D eigenvalue weighted by Gasteiger charge is 2.26. The fraction of sp³-hybridized carbons (Fsp3) is 0.533. The molecule has 0 bridgehead atoms. The van der Waals surface area contributed by atoms with Crippen molar-refractivity contribution in [2.24, 2.45) is 5.73 Å². The molecule has 1 aliphatic carbocycles. The molecular formula is C15H21FN2O. The van der Waals surface area contributed by atoms with Crippen LogP contribution in [0.5, 0.6) is 0 Å². The van der Waals surface area contributed by atoms with Crippen LogP contribution >= 0.6 is 0 Å². The molecule has 0 aromatic heterocycles. The number of amides is 1. The van der Waals surface area contributed by atoms with Crippen molar-refractivity contribution >= 4 is 5.91 Å². The summed E-state index contributed by atoms with van der Waals surface area (Å²) in [7, 11) is 1.80. The molecular weight excluding hydrogens is 243 g/mol. The van der Waals surface area contributed by atoms with Crippen LogP contribution < -0.4 is 5.73 Å². The third-order valence-corrected chi connectivity index (χ3v) is 4.04. The highest BCUT2D eigenvalue weighted by molar-refractivity contribution is 5.95. The number of nitrogens with zero attached hydrogens (tertiary/aromatic N) is 1. The third-order valence-electron chi connectivity index (χ3n) is 4.04. The van der Waals surface area contributed by atoms with Gasteiger partial charge in [-0.25, -0.2) is 4.39 Å². The fourth-order valence-electron chi connectivity index (χ4n) is 2.67. The number of benzene rings is 1. The lowest BCUT2D eigenvalue weighted by atomic mass is 9.90. The zero-order valence-corrected chi connectivity index (χ0v) is 11.5. The number of halogens is 1. The Morgan fingerprint density at radius 3 is 2.58 bits per heavy atom. The normalized spacial score (nSPS) is 23.2. The van der Waals surface area contributed by atoms with Gasteiger partial charge in [-0.05, 0) is 50.3 Å². The Hall–Kier alpha value is -1.42. The summed E-state index contributed by atoms with van der Waals surface area (Å²) in [6.07, 6.45) is 3.75. The molecule has 4 heteroatoms. The second-order valence-electron chi connectivity index (χ2n) is 5.44. The van der Waals surface area contributed by atoms with E-state index in [0.717, 1.165) is 31.2 Å². The molecule has 3 nitrogen and oxygen atoms in total. The predicted octanol–water partition coefficient (Wildman–Crippen LogP) is 2.48. The van der Waals surface area contributed by atoms with Crippen molar-refractivity contribution in [1.82, 2.24) is 4.90 Å². The molecule has 1 fully saturated rings. The number of rotatable bonds is 2. The van der Waals surface area contributed by atoms with Crippen LogP contribution in [0, 0.1) is 12.7 Å². The molecule has 0 radical (unpaired) electrons. The van der Waals surface area contributed by atoms with Gasteiger partial charge in [-0.3, -0.25) is 4.79 Å². The molecule has 1 saturated carbocycles. The van der Waals surface area contributed by atoms with Gasteiger partial charge in [0.2, 0.25) is 0 Å². The van der Waals surface area contributed by atoms with Gasteiger partial charge in [-0.1, -0.05) is 6.07 Å². The molecule has 0 aliphatic heterocycles. The first-order valence-corrected chi connectivity index (χ1v) is 6.78. The van der Waals surface area contributed by atoms with E-state index in [1.807, 2.05) is 6.92 Å². The quantitative estimate of drug-likeness (QED) is 0.892.